The lowest BCUT2D eigenvalue weighted by atomic mass is 10.1. The van der Waals surface area contributed by atoms with Gasteiger partial charge in [-0.1, -0.05) is 6.07 Å². The Bertz CT molecular complexity index is 1020. The number of tetrazole rings is 1. The molecule has 0 spiro atoms. The third-order valence-corrected chi connectivity index (χ3v) is 3.61. The van der Waals surface area contributed by atoms with E-state index < -0.39 is 5.82 Å². The van der Waals surface area contributed by atoms with Crippen LogP contribution >= 0.6 is 0 Å². The molecule has 0 saturated carbocycles. The van der Waals surface area contributed by atoms with Gasteiger partial charge in [-0.2, -0.15) is 4.68 Å². The molecule has 0 atom stereocenters. The van der Waals surface area contributed by atoms with E-state index in [0.29, 0.717) is 5.69 Å². The van der Waals surface area contributed by atoms with Gasteiger partial charge < -0.3 is 10.3 Å². The fraction of sp³-hybridized carbons (Fsp3) is 0. The first-order valence-electron chi connectivity index (χ1n) is 7.12. The van der Waals surface area contributed by atoms with Crippen molar-refractivity contribution in [1.82, 2.24) is 25.2 Å². The van der Waals surface area contributed by atoms with E-state index in [2.05, 4.69) is 25.8 Å². The average molecular weight is 322 g/mol. The zero-order valence-corrected chi connectivity index (χ0v) is 12.3. The van der Waals surface area contributed by atoms with Crippen molar-refractivity contribution >= 4 is 22.5 Å². The molecule has 1 amide bonds. The van der Waals surface area contributed by atoms with Crippen molar-refractivity contribution in [3.05, 3.63) is 66.4 Å². The summed E-state index contributed by atoms with van der Waals surface area (Å²) in [5, 5.41) is 14.6. The molecule has 0 unspecified atom stereocenters. The quantitative estimate of drug-likeness (QED) is 0.606. The second-order valence-electron chi connectivity index (χ2n) is 5.15. The Morgan fingerprint density at radius 2 is 2.08 bits per heavy atom. The number of carbonyl (C=O) groups is 1. The van der Waals surface area contributed by atoms with Crippen molar-refractivity contribution in [2.24, 2.45) is 0 Å². The molecule has 2 heterocycles. The monoisotopic (exact) mass is 322 g/mol. The number of hydrogen-bond donors (Lipinski definition) is 2. The van der Waals surface area contributed by atoms with Crippen LogP contribution in [0.25, 0.3) is 16.6 Å². The summed E-state index contributed by atoms with van der Waals surface area (Å²) in [5.74, 6) is -0.865. The van der Waals surface area contributed by atoms with E-state index in [1.807, 2.05) is 24.4 Å². The maximum atomic E-state index is 13.6. The van der Waals surface area contributed by atoms with Crippen LogP contribution < -0.4 is 5.32 Å². The lowest BCUT2D eigenvalue weighted by molar-refractivity contribution is 0.102. The molecule has 0 fully saturated rings. The molecule has 0 aliphatic heterocycles. The highest BCUT2D eigenvalue weighted by molar-refractivity contribution is 6.07. The number of H-pyrrole nitrogens is 1. The van der Waals surface area contributed by atoms with Gasteiger partial charge in [0, 0.05) is 23.5 Å². The molecule has 0 aliphatic rings. The van der Waals surface area contributed by atoms with Crippen LogP contribution in [-0.2, 0) is 0 Å². The standard InChI is InChI=1S/C16H11FN6O/c17-11-2-4-13(15(7-11)23-9-19-21-22-23)16(24)20-12-3-1-10-5-6-18-14(10)8-12/h1-9,18H,(H,20,24). The van der Waals surface area contributed by atoms with E-state index in [0.717, 1.165) is 10.9 Å². The average Bonchev–Trinajstić information content (AvgIpc) is 3.26. The van der Waals surface area contributed by atoms with E-state index in [1.54, 1.807) is 6.07 Å². The maximum absolute atomic E-state index is 13.6. The number of aromatic amines is 1. The molecular weight excluding hydrogens is 311 g/mol. The molecule has 118 valence electrons. The fourth-order valence-electron chi connectivity index (χ4n) is 2.48. The van der Waals surface area contributed by atoms with E-state index in [9.17, 15) is 9.18 Å². The predicted octanol–water partition coefficient (Wildman–Crippen LogP) is 2.53. The topological polar surface area (TPSA) is 88.5 Å². The molecular formula is C16H11FN6O. The predicted molar refractivity (Wildman–Crippen MR) is 85.4 cm³/mol. The molecule has 24 heavy (non-hydrogen) atoms. The number of benzene rings is 2. The summed E-state index contributed by atoms with van der Waals surface area (Å²) in [4.78, 5) is 15.7. The van der Waals surface area contributed by atoms with Crippen molar-refractivity contribution < 1.29 is 9.18 Å². The lowest BCUT2D eigenvalue weighted by Gasteiger charge is -2.10. The third-order valence-electron chi connectivity index (χ3n) is 3.61. The zero-order valence-electron chi connectivity index (χ0n) is 12.3. The number of carbonyl (C=O) groups excluding carboxylic acids is 1. The number of nitrogens with one attached hydrogen (secondary N) is 2. The SMILES string of the molecule is O=C(Nc1ccc2cc[nH]c2c1)c1ccc(F)cc1-n1cnnn1. The Morgan fingerprint density at radius 3 is 2.92 bits per heavy atom. The number of halogens is 1. The number of rotatable bonds is 3. The molecule has 0 bridgehead atoms. The van der Waals surface area contributed by atoms with Gasteiger partial charge in [-0.3, -0.25) is 4.79 Å². The first-order valence-corrected chi connectivity index (χ1v) is 7.12. The van der Waals surface area contributed by atoms with Crippen LogP contribution in [0.1, 0.15) is 10.4 Å². The second kappa shape index (κ2) is 5.58. The number of fused-ring (bicyclic) bond motifs is 1. The van der Waals surface area contributed by atoms with Gasteiger partial charge in [0.25, 0.3) is 5.91 Å². The van der Waals surface area contributed by atoms with Crippen LogP contribution in [0.4, 0.5) is 10.1 Å². The van der Waals surface area contributed by atoms with Gasteiger partial charge in [0.15, 0.2) is 0 Å². The summed E-state index contributed by atoms with van der Waals surface area (Å²) in [6, 6.07) is 11.3. The van der Waals surface area contributed by atoms with Gasteiger partial charge >= 0.3 is 0 Å². The summed E-state index contributed by atoms with van der Waals surface area (Å²) in [7, 11) is 0. The first kappa shape index (κ1) is 14.1. The lowest BCUT2D eigenvalue weighted by Crippen LogP contribution is -2.15. The minimum absolute atomic E-state index is 0.260. The summed E-state index contributed by atoms with van der Waals surface area (Å²) in [6.45, 7) is 0. The van der Waals surface area contributed by atoms with Gasteiger partial charge in [-0.25, -0.2) is 4.39 Å². The zero-order chi connectivity index (χ0) is 16.5. The molecule has 8 heteroatoms. The van der Waals surface area contributed by atoms with Crippen molar-refractivity contribution in [3.8, 4) is 5.69 Å². The summed E-state index contributed by atoms with van der Waals surface area (Å²) < 4.78 is 14.8. The number of hydrogen-bond acceptors (Lipinski definition) is 4. The van der Waals surface area contributed by atoms with E-state index >= 15 is 0 Å². The van der Waals surface area contributed by atoms with Crippen LogP contribution in [-0.4, -0.2) is 31.1 Å². The largest absolute Gasteiger partial charge is 0.361 e. The van der Waals surface area contributed by atoms with Gasteiger partial charge in [-0.15, -0.1) is 5.10 Å². The minimum Gasteiger partial charge on any atom is -0.361 e. The first-order chi connectivity index (χ1) is 11.7. The Labute approximate surface area is 135 Å². The Balaban J connectivity index is 1.69. The molecule has 0 radical (unpaired) electrons. The number of aromatic nitrogens is 5. The Kier molecular flexibility index (Phi) is 3.27. The van der Waals surface area contributed by atoms with Crippen molar-refractivity contribution in [2.75, 3.05) is 5.32 Å². The van der Waals surface area contributed by atoms with E-state index in [1.165, 1.54) is 29.2 Å². The van der Waals surface area contributed by atoms with Crippen molar-refractivity contribution in [3.63, 3.8) is 0 Å². The van der Waals surface area contributed by atoms with E-state index in [-0.39, 0.29) is 17.2 Å². The highest BCUT2D eigenvalue weighted by Crippen LogP contribution is 2.20. The van der Waals surface area contributed by atoms with Gasteiger partial charge in [0.1, 0.15) is 12.1 Å². The summed E-state index contributed by atoms with van der Waals surface area (Å²) >= 11 is 0. The molecule has 4 aromatic rings. The van der Waals surface area contributed by atoms with Gasteiger partial charge in [-0.05, 0) is 46.1 Å². The molecule has 2 N–H and O–H groups in total. The number of anilines is 1. The van der Waals surface area contributed by atoms with Crippen LogP contribution in [0, 0.1) is 5.82 Å². The summed E-state index contributed by atoms with van der Waals surface area (Å²) in [5.41, 5.74) is 2.06. The maximum Gasteiger partial charge on any atom is 0.257 e. The van der Waals surface area contributed by atoms with Crippen LogP contribution in [0.15, 0.2) is 55.0 Å². The Morgan fingerprint density at radius 1 is 1.17 bits per heavy atom. The fourth-order valence-corrected chi connectivity index (χ4v) is 2.48. The van der Waals surface area contributed by atoms with Gasteiger partial charge in [0.05, 0.1) is 11.3 Å². The molecule has 4 rings (SSSR count). The molecule has 0 aliphatic carbocycles. The van der Waals surface area contributed by atoms with Crippen molar-refractivity contribution in [1.29, 1.82) is 0 Å². The normalized spacial score (nSPS) is 10.9. The Hall–Kier alpha value is -3.55. The molecule has 0 saturated heterocycles. The minimum atomic E-state index is -0.482. The van der Waals surface area contributed by atoms with Crippen LogP contribution in [0.3, 0.4) is 0 Å². The molecule has 7 nitrogen and oxygen atoms in total. The van der Waals surface area contributed by atoms with Crippen LogP contribution in [0.5, 0.6) is 0 Å². The highest BCUT2D eigenvalue weighted by atomic mass is 19.1. The number of nitrogens with zero attached hydrogens (tertiary/aromatic N) is 4. The highest BCUT2D eigenvalue weighted by Gasteiger charge is 2.15. The second-order valence-corrected chi connectivity index (χ2v) is 5.15. The van der Waals surface area contributed by atoms with E-state index in [4.69, 9.17) is 0 Å². The molecule has 2 aromatic carbocycles. The smallest absolute Gasteiger partial charge is 0.257 e. The van der Waals surface area contributed by atoms with Crippen molar-refractivity contribution in [2.45, 2.75) is 0 Å². The third kappa shape index (κ3) is 2.50. The van der Waals surface area contributed by atoms with Crippen LogP contribution in [0.2, 0.25) is 0 Å². The molecule has 2 aromatic heterocycles. The summed E-state index contributed by atoms with van der Waals surface area (Å²) in [6.07, 6.45) is 3.13. The number of amides is 1. The van der Waals surface area contributed by atoms with Gasteiger partial charge in [0.2, 0.25) is 0 Å².